The normalized spacial score (nSPS) is 16.1. The topological polar surface area (TPSA) is 82.9 Å². The summed E-state index contributed by atoms with van der Waals surface area (Å²) in [5.74, 6) is 0.0247. The molecule has 1 aromatic carbocycles. The number of nitrogens with zero attached hydrogens (tertiary/aromatic N) is 6. The molecule has 5 aromatic rings. The molecule has 1 atom stereocenters. The van der Waals surface area contributed by atoms with Crippen molar-refractivity contribution in [2.24, 2.45) is 20.0 Å². The van der Waals surface area contributed by atoms with Crippen molar-refractivity contribution in [2.75, 3.05) is 13.2 Å². The Labute approximate surface area is 220 Å². The van der Waals surface area contributed by atoms with Gasteiger partial charge in [-0.3, -0.25) is 4.98 Å². The predicted octanol–water partition coefficient (Wildman–Crippen LogP) is 5.01. The molecule has 1 aliphatic heterocycles. The molecule has 5 heterocycles. The van der Waals surface area contributed by atoms with Gasteiger partial charge in [0, 0.05) is 39.1 Å². The quantitative estimate of drug-likeness (QED) is 0.355. The number of ether oxygens (including phenoxy) is 1. The first-order valence-corrected chi connectivity index (χ1v) is 13.1. The van der Waals surface area contributed by atoms with E-state index >= 15 is 0 Å². The minimum Gasteiger partial charge on any atom is -0.384 e. The summed E-state index contributed by atoms with van der Waals surface area (Å²) in [4.78, 5) is 4.98. The lowest BCUT2D eigenvalue weighted by molar-refractivity contribution is 0.0552. The van der Waals surface area contributed by atoms with Crippen LogP contribution in [0.3, 0.4) is 0 Å². The Hall–Kier alpha value is -3.56. The van der Waals surface area contributed by atoms with Crippen LogP contribution in [0.5, 0.6) is 0 Å². The van der Waals surface area contributed by atoms with E-state index in [4.69, 9.17) is 9.72 Å². The predicted molar refractivity (Wildman–Crippen MR) is 144 cm³/mol. The van der Waals surface area contributed by atoms with Crippen LogP contribution >= 0.6 is 0 Å². The largest absolute Gasteiger partial charge is 0.384 e. The third-order valence-electron chi connectivity index (χ3n) is 7.92. The van der Waals surface area contributed by atoms with Crippen molar-refractivity contribution in [2.45, 2.75) is 45.3 Å². The van der Waals surface area contributed by atoms with Crippen LogP contribution in [0, 0.1) is 18.7 Å². The van der Waals surface area contributed by atoms with Crippen LogP contribution in [0.1, 0.15) is 49.7 Å². The standard InChI is InChI=1S/C29H33FN6O2/c1-17-26(35(5)33-32-17)20-14-22-25(31-16-20)28-23(15-24(34(28)4)29(2,3)37)36(22)27(19-10-12-38-13-11-19)18-6-8-21(30)9-7-18/h6-9,14-16,19,27,37H,10-13H2,1-5H3. The second kappa shape index (κ2) is 9.03. The monoisotopic (exact) mass is 516 g/mol. The average molecular weight is 517 g/mol. The van der Waals surface area contributed by atoms with Gasteiger partial charge in [0.1, 0.15) is 11.3 Å². The number of hydrogen-bond donors (Lipinski definition) is 1. The molecule has 0 spiro atoms. The molecule has 6 rings (SSSR count). The van der Waals surface area contributed by atoms with E-state index in [1.807, 2.05) is 43.9 Å². The highest BCUT2D eigenvalue weighted by Gasteiger charge is 2.33. The zero-order valence-corrected chi connectivity index (χ0v) is 22.4. The fraction of sp³-hybridized carbons (Fsp3) is 0.414. The van der Waals surface area contributed by atoms with Crippen LogP contribution in [0.2, 0.25) is 0 Å². The summed E-state index contributed by atoms with van der Waals surface area (Å²) < 4.78 is 25.9. The van der Waals surface area contributed by atoms with Gasteiger partial charge >= 0.3 is 0 Å². The van der Waals surface area contributed by atoms with E-state index in [1.165, 1.54) is 12.1 Å². The van der Waals surface area contributed by atoms with Crippen LogP contribution in [0.4, 0.5) is 4.39 Å². The molecule has 0 saturated carbocycles. The van der Waals surface area contributed by atoms with E-state index in [9.17, 15) is 9.50 Å². The van der Waals surface area contributed by atoms with E-state index in [1.54, 1.807) is 18.5 Å². The number of aliphatic hydroxyl groups is 1. The fourth-order valence-corrected chi connectivity index (χ4v) is 6.20. The molecule has 9 heteroatoms. The number of benzene rings is 1. The zero-order valence-electron chi connectivity index (χ0n) is 22.4. The molecule has 4 aromatic heterocycles. The summed E-state index contributed by atoms with van der Waals surface area (Å²) in [7, 11) is 3.86. The van der Waals surface area contributed by atoms with Gasteiger partial charge in [0.05, 0.1) is 45.3 Å². The van der Waals surface area contributed by atoms with Crippen molar-refractivity contribution in [1.29, 1.82) is 0 Å². The Kier molecular flexibility index (Phi) is 5.88. The Bertz CT molecular complexity index is 1610. The SMILES string of the molecule is Cc1nnn(C)c1-c1cnc2c3c(cc(C(C)(C)O)n3C)n(C(c3ccc(F)cc3)C3CCOCC3)c2c1. The second-order valence-electron chi connectivity index (χ2n) is 10.9. The van der Waals surface area contributed by atoms with E-state index in [0.717, 1.165) is 63.1 Å². The van der Waals surface area contributed by atoms with Crippen LogP contribution in [0.25, 0.3) is 33.3 Å². The number of pyridine rings is 1. The number of hydrogen-bond acceptors (Lipinski definition) is 5. The van der Waals surface area contributed by atoms with Crippen molar-refractivity contribution in [3.05, 3.63) is 65.4 Å². The van der Waals surface area contributed by atoms with Crippen LogP contribution in [-0.2, 0) is 24.4 Å². The maximum atomic E-state index is 14.0. The number of aryl methyl sites for hydroxylation is 3. The van der Waals surface area contributed by atoms with E-state index in [2.05, 4.69) is 27.0 Å². The van der Waals surface area contributed by atoms with E-state index in [0.29, 0.717) is 13.2 Å². The Balaban J connectivity index is 1.70. The Morgan fingerprint density at radius 2 is 1.79 bits per heavy atom. The van der Waals surface area contributed by atoms with Gasteiger partial charge in [0.15, 0.2) is 0 Å². The second-order valence-corrected chi connectivity index (χ2v) is 10.9. The van der Waals surface area contributed by atoms with Crippen LogP contribution in [-0.4, -0.2) is 47.4 Å². The fourth-order valence-electron chi connectivity index (χ4n) is 6.20. The molecule has 1 N–H and O–H groups in total. The summed E-state index contributed by atoms with van der Waals surface area (Å²) in [5, 5.41) is 19.4. The molecular weight excluding hydrogens is 483 g/mol. The lowest BCUT2D eigenvalue weighted by Crippen LogP contribution is -2.27. The van der Waals surface area contributed by atoms with Gasteiger partial charge in [-0.25, -0.2) is 9.07 Å². The third-order valence-corrected chi connectivity index (χ3v) is 7.92. The maximum absolute atomic E-state index is 14.0. The smallest absolute Gasteiger partial charge is 0.123 e. The zero-order chi connectivity index (χ0) is 26.8. The van der Waals surface area contributed by atoms with Gasteiger partial charge in [-0.05, 0) is 69.4 Å². The highest BCUT2D eigenvalue weighted by Crippen LogP contribution is 2.43. The molecule has 1 fully saturated rings. The number of aromatic nitrogens is 6. The first-order valence-electron chi connectivity index (χ1n) is 13.1. The number of fused-ring (bicyclic) bond motifs is 3. The highest BCUT2D eigenvalue weighted by molar-refractivity contribution is 6.05. The molecule has 0 bridgehead atoms. The number of halogens is 1. The lowest BCUT2D eigenvalue weighted by Gasteiger charge is -2.33. The van der Waals surface area contributed by atoms with E-state index in [-0.39, 0.29) is 17.8 Å². The summed E-state index contributed by atoms with van der Waals surface area (Å²) in [5.41, 5.74) is 7.27. The van der Waals surface area contributed by atoms with Crippen molar-refractivity contribution in [3.8, 4) is 11.3 Å². The van der Waals surface area contributed by atoms with Crippen molar-refractivity contribution in [1.82, 2.24) is 29.1 Å². The first-order chi connectivity index (χ1) is 18.1. The molecule has 8 nitrogen and oxygen atoms in total. The van der Waals surface area contributed by atoms with Gasteiger partial charge in [-0.2, -0.15) is 0 Å². The van der Waals surface area contributed by atoms with Crippen molar-refractivity contribution < 1.29 is 14.2 Å². The Morgan fingerprint density at radius 3 is 2.42 bits per heavy atom. The minimum atomic E-state index is -1.04. The molecule has 198 valence electrons. The maximum Gasteiger partial charge on any atom is 0.123 e. The molecule has 0 aliphatic carbocycles. The summed E-state index contributed by atoms with van der Waals surface area (Å²) in [6.07, 6.45) is 3.66. The molecule has 0 radical (unpaired) electrons. The Morgan fingerprint density at radius 1 is 1.08 bits per heavy atom. The molecule has 1 saturated heterocycles. The van der Waals surface area contributed by atoms with Crippen LogP contribution < -0.4 is 0 Å². The average Bonchev–Trinajstić information content (AvgIpc) is 3.52. The van der Waals surface area contributed by atoms with Gasteiger partial charge in [0.2, 0.25) is 0 Å². The van der Waals surface area contributed by atoms with Gasteiger partial charge in [-0.15, -0.1) is 5.10 Å². The third kappa shape index (κ3) is 3.92. The van der Waals surface area contributed by atoms with Gasteiger partial charge in [0.25, 0.3) is 0 Å². The molecule has 0 amide bonds. The molecule has 1 aliphatic rings. The summed E-state index contributed by atoms with van der Waals surface area (Å²) in [6.45, 7) is 6.93. The number of rotatable bonds is 5. The molecule has 1 unspecified atom stereocenters. The van der Waals surface area contributed by atoms with Crippen molar-refractivity contribution in [3.63, 3.8) is 0 Å². The van der Waals surface area contributed by atoms with Crippen molar-refractivity contribution >= 4 is 22.1 Å². The van der Waals surface area contributed by atoms with Crippen LogP contribution in [0.15, 0.2) is 42.6 Å². The van der Waals surface area contributed by atoms with Gasteiger partial charge in [-0.1, -0.05) is 17.3 Å². The highest BCUT2D eigenvalue weighted by atomic mass is 19.1. The first kappa shape index (κ1) is 24.8. The molecule has 38 heavy (non-hydrogen) atoms. The van der Waals surface area contributed by atoms with Gasteiger partial charge < -0.3 is 19.0 Å². The van der Waals surface area contributed by atoms with E-state index < -0.39 is 5.60 Å². The lowest BCUT2D eigenvalue weighted by atomic mass is 9.86. The summed E-state index contributed by atoms with van der Waals surface area (Å²) >= 11 is 0. The molecular formula is C29H33FN6O2. The summed E-state index contributed by atoms with van der Waals surface area (Å²) in [6, 6.07) is 11.0. The minimum absolute atomic E-state index is 0.0700.